The Balaban J connectivity index is 1.22. The molecule has 1 aliphatic heterocycles. The van der Waals surface area contributed by atoms with Crippen LogP contribution >= 0.6 is 0 Å². The number of anilines is 1. The molecule has 1 fully saturated rings. The molecule has 0 aliphatic carbocycles. The number of nitrogens with one attached hydrogen (secondary N) is 1. The van der Waals surface area contributed by atoms with E-state index in [0.29, 0.717) is 12.5 Å². The van der Waals surface area contributed by atoms with Crippen LogP contribution < -0.4 is 5.32 Å². The summed E-state index contributed by atoms with van der Waals surface area (Å²) in [5.74, 6) is 0.546. The predicted molar refractivity (Wildman–Crippen MR) is 111 cm³/mol. The summed E-state index contributed by atoms with van der Waals surface area (Å²) in [5.41, 5.74) is 3.07. The van der Waals surface area contributed by atoms with Gasteiger partial charge in [-0.1, -0.05) is 48.5 Å². The van der Waals surface area contributed by atoms with Crippen LogP contribution in [0.1, 0.15) is 18.4 Å². The number of likely N-dealkylation sites (tertiary alicyclic amines) is 1. The second-order valence-electron chi connectivity index (χ2n) is 7.27. The molecule has 0 atom stereocenters. The van der Waals surface area contributed by atoms with Crippen LogP contribution in [0.3, 0.4) is 0 Å². The summed E-state index contributed by atoms with van der Waals surface area (Å²) < 4.78 is 5.44. The van der Waals surface area contributed by atoms with Gasteiger partial charge in [0.2, 0.25) is 0 Å². The lowest BCUT2D eigenvalue weighted by Crippen LogP contribution is -2.40. The number of nitrogens with zero attached hydrogens (tertiary/aromatic N) is 2. The van der Waals surface area contributed by atoms with Gasteiger partial charge < -0.3 is 15.0 Å². The Hall–Kier alpha value is -3.08. The molecular weight excluding hydrogens is 350 g/mol. The highest BCUT2D eigenvalue weighted by atomic mass is 16.6. The van der Waals surface area contributed by atoms with E-state index in [-0.39, 0.29) is 6.09 Å². The molecule has 144 valence electrons. The van der Waals surface area contributed by atoms with Gasteiger partial charge in [0, 0.05) is 25.0 Å². The van der Waals surface area contributed by atoms with E-state index in [4.69, 9.17) is 4.74 Å². The average molecular weight is 375 g/mol. The van der Waals surface area contributed by atoms with Crippen molar-refractivity contribution in [3.63, 3.8) is 0 Å². The lowest BCUT2D eigenvalue weighted by molar-refractivity contribution is 0.0832. The molecule has 5 heteroatoms. The lowest BCUT2D eigenvalue weighted by atomic mass is 9.97. The smallest absolute Gasteiger partial charge is 0.410 e. The number of hydrogen-bond acceptors (Lipinski definition) is 4. The van der Waals surface area contributed by atoms with Gasteiger partial charge >= 0.3 is 6.09 Å². The summed E-state index contributed by atoms with van der Waals surface area (Å²) in [7, 11) is 0. The summed E-state index contributed by atoms with van der Waals surface area (Å²) in [6, 6.07) is 20.1. The van der Waals surface area contributed by atoms with E-state index >= 15 is 0 Å². The van der Waals surface area contributed by atoms with Crippen LogP contribution in [0, 0.1) is 5.92 Å². The van der Waals surface area contributed by atoms with Crippen LogP contribution in [-0.4, -0.2) is 35.6 Å². The summed E-state index contributed by atoms with van der Waals surface area (Å²) >= 11 is 0. The minimum absolute atomic E-state index is 0.214. The number of rotatable bonds is 5. The fraction of sp³-hybridized carbons (Fsp3) is 0.304. The number of piperidine rings is 1. The van der Waals surface area contributed by atoms with Gasteiger partial charge in [-0.15, -0.1) is 0 Å². The third kappa shape index (κ3) is 4.60. The molecule has 5 nitrogen and oxygen atoms in total. The average Bonchev–Trinajstić information content (AvgIpc) is 2.77. The normalized spacial score (nSPS) is 14.8. The minimum Gasteiger partial charge on any atom is -0.445 e. The maximum Gasteiger partial charge on any atom is 0.410 e. The van der Waals surface area contributed by atoms with E-state index in [2.05, 4.69) is 22.4 Å². The van der Waals surface area contributed by atoms with Crippen molar-refractivity contribution in [1.29, 1.82) is 0 Å². The zero-order valence-corrected chi connectivity index (χ0v) is 15.9. The Labute approximate surface area is 165 Å². The molecule has 1 amide bonds. The van der Waals surface area contributed by atoms with Crippen molar-refractivity contribution in [2.75, 3.05) is 25.0 Å². The quantitative estimate of drug-likeness (QED) is 0.703. The number of fused-ring (bicyclic) bond motifs is 1. The standard InChI is InChI=1S/C23H25N3O2/c27-23(28-17-19-6-2-1-3-7-19)26-12-10-18(11-13-26)15-24-21-14-20-8-4-5-9-22(20)25-16-21/h1-9,14,16,18,24H,10-13,15,17H2. The van der Waals surface area contributed by atoms with Gasteiger partial charge in [-0.05, 0) is 36.5 Å². The summed E-state index contributed by atoms with van der Waals surface area (Å²) in [4.78, 5) is 18.6. The van der Waals surface area contributed by atoms with Gasteiger partial charge in [-0.25, -0.2) is 4.79 Å². The largest absolute Gasteiger partial charge is 0.445 e. The highest BCUT2D eigenvalue weighted by Gasteiger charge is 2.23. The zero-order valence-electron chi connectivity index (χ0n) is 15.9. The molecule has 1 N–H and O–H groups in total. The molecule has 2 heterocycles. The Bertz CT molecular complexity index is 921. The van der Waals surface area contributed by atoms with E-state index in [1.807, 2.05) is 59.6 Å². The zero-order chi connectivity index (χ0) is 19.2. The molecular formula is C23H25N3O2. The molecule has 1 aromatic heterocycles. The SMILES string of the molecule is O=C(OCc1ccccc1)N1CCC(CNc2cnc3ccccc3c2)CC1. The Morgan fingerprint density at radius 1 is 1.07 bits per heavy atom. The van der Waals surface area contributed by atoms with Crippen LogP contribution in [-0.2, 0) is 11.3 Å². The first kappa shape index (κ1) is 18.3. The molecule has 0 saturated carbocycles. The third-order valence-corrected chi connectivity index (χ3v) is 5.26. The minimum atomic E-state index is -0.214. The monoisotopic (exact) mass is 375 g/mol. The van der Waals surface area contributed by atoms with Crippen molar-refractivity contribution in [3.05, 3.63) is 72.4 Å². The highest BCUT2D eigenvalue weighted by molar-refractivity contribution is 5.81. The van der Waals surface area contributed by atoms with Crippen molar-refractivity contribution >= 4 is 22.7 Å². The summed E-state index contributed by atoms with van der Waals surface area (Å²) in [6.45, 7) is 2.72. The molecule has 1 aliphatic rings. The number of aromatic nitrogens is 1. The topological polar surface area (TPSA) is 54.5 Å². The van der Waals surface area contributed by atoms with Crippen molar-refractivity contribution in [3.8, 4) is 0 Å². The fourth-order valence-corrected chi connectivity index (χ4v) is 3.56. The first-order chi connectivity index (χ1) is 13.8. The number of amides is 1. The number of benzene rings is 2. The molecule has 0 bridgehead atoms. The number of pyridine rings is 1. The van der Waals surface area contributed by atoms with E-state index in [1.54, 1.807) is 0 Å². The van der Waals surface area contributed by atoms with Gasteiger partial charge in [0.1, 0.15) is 6.61 Å². The molecule has 2 aromatic carbocycles. The van der Waals surface area contributed by atoms with E-state index in [0.717, 1.165) is 54.6 Å². The van der Waals surface area contributed by atoms with Crippen LogP contribution in [0.15, 0.2) is 66.9 Å². The second-order valence-corrected chi connectivity index (χ2v) is 7.27. The molecule has 0 spiro atoms. The van der Waals surface area contributed by atoms with Gasteiger partial charge in [-0.3, -0.25) is 4.98 Å². The lowest BCUT2D eigenvalue weighted by Gasteiger charge is -2.31. The van der Waals surface area contributed by atoms with E-state index < -0.39 is 0 Å². The van der Waals surface area contributed by atoms with Crippen molar-refractivity contribution in [2.45, 2.75) is 19.4 Å². The van der Waals surface area contributed by atoms with Crippen molar-refractivity contribution in [1.82, 2.24) is 9.88 Å². The van der Waals surface area contributed by atoms with Crippen LogP contribution in [0.25, 0.3) is 10.9 Å². The maximum atomic E-state index is 12.3. The third-order valence-electron chi connectivity index (χ3n) is 5.26. The Morgan fingerprint density at radius 2 is 1.82 bits per heavy atom. The van der Waals surface area contributed by atoms with E-state index in [1.165, 1.54) is 0 Å². The Kier molecular flexibility index (Phi) is 5.71. The fourth-order valence-electron chi connectivity index (χ4n) is 3.56. The predicted octanol–water partition coefficient (Wildman–Crippen LogP) is 4.70. The molecule has 1 saturated heterocycles. The molecule has 0 unspecified atom stereocenters. The first-order valence-electron chi connectivity index (χ1n) is 9.82. The molecule has 4 rings (SSSR count). The van der Waals surface area contributed by atoms with Crippen LogP contribution in [0.4, 0.5) is 10.5 Å². The summed E-state index contributed by atoms with van der Waals surface area (Å²) in [6.07, 6.45) is 3.63. The number of carbonyl (C=O) groups excluding carboxylic acids is 1. The summed E-state index contributed by atoms with van der Waals surface area (Å²) in [5, 5.41) is 4.64. The number of para-hydroxylation sites is 1. The van der Waals surface area contributed by atoms with Crippen LogP contribution in [0.2, 0.25) is 0 Å². The highest BCUT2D eigenvalue weighted by Crippen LogP contribution is 2.21. The van der Waals surface area contributed by atoms with Gasteiger partial charge in [0.25, 0.3) is 0 Å². The van der Waals surface area contributed by atoms with Gasteiger partial charge in [-0.2, -0.15) is 0 Å². The van der Waals surface area contributed by atoms with Gasteiger partial charge in [0.05, 0.1) is 17.4 Å². The van der Waals surface area contributed by atoms with Crippen molar-refractivity contribution in [2.24, 2.45) is 5.92 Å². The maximum absolute atomic E-state index is 12.3. The molecule has 0 radical (unpaired) electrons. The first-order valence-corrected chi connectivity index (χ1v) is 9.82. The van der Waals surface area contributed by atoms with Crippen LogP contribution in [0.5, 0.6) is 0 Å². The Morgan fingerprint density at radius 3 is 2.64 bits per heavy atom. The van der Waals surface area contributed by atoms with Crippen molar-refractivity contribution < 1.29 is 9.53 Å². The number of carbonyl (C=O) groups is 1. The molecule has 28 heavy (non-hydrogen) atoms. The van der Waals surface area contributed by atoms with E-state index in [9.17, 15) is 4.79 Å². The van der Waals surface area contributed by atoms with Gasteiger partial charge in [0.15, 0.2) is 0 Å². The second kappa shape index (κ2) is 8.74. The number of ether oxygens (including phenoxy) is 1. The molecule has 3 aromatic rings. The number of hydrogen-bond donors (Lipinski definition) is 1.